The summed E-state index contributed by atoms with van der Waals surface area (Å²) in [7, 11) is 0. The lowest BCUT2D eigenvalue weighted by atomic mass is 9.88. The van der Waals surface area contributed by atoms with Crippen molar-refractivity contribution in [1.82, 2.24) is 5.32 Å². The maximum atomic E-state index is 11.6. The van der Waals surface area contributed by atoms with Crippen molar-refractivity contribution in [1.29, 1.82) is 0 Å². The molecule has 0 heterocycles. The summed E-state index contributed by atoms with van der Waals surface area (Å²) in [5.74, 6) is 0.213. The van der Waals surface area contributed by atoms with Crippen LogP contribution >= 0.6 is 15.9 Å². The van der Waals surface area contributed by atoms with Gasteiger partial charge in [0.05, 0.1) is 11.9 Å². The van der Waals surface area contributed by atoms with E-state index in [1.54, 1.807) is 0 Å². The Kier molecular flexibility index (Phi) is 8.43. The van der Waals surface area contributed by atoms with Gasteiger partial charge >= 0.3 is 0 Å². The predicted octanol–water partition coefficient (Wildman–Crippen LogP) is 1.91. The van der Waals surface area contributed by atoms with Crippen LogP contribution in [0.5, 0.6) is 0 Å². The van der Waals surface area contributed by atoms with Crippen molar-refractivity contribution in [2.75, 3.05) is 25.1 Å². The summed E-state index contributed by atoms with van der Waals surface area (Å²) < 4.78 is 5.31. The zero-order valence-electron chi connectivity index (χ0n) is 10.8. The summed E-state index contributed by atoms with van der Waals surface area (Å²) in [6, 6.07) is 0. The van der Waals surface area contributed by atoms with Crippen LogP contribution in [0.15, 0.2) is 0 Å². The second kappa shape index (κ2) is 8.64. The first kappa shape index (κ1) is 16.6. The molecule has 0 aromatic carbocycles. The number of alkyl halides is 1. The molecule has 5 heteroatoms. The number of carbonyl (C=O) groups is 2. The summed E-state index contributed by atoms with van der Waals surface area (Å²) in [5, 5.41) is 2.99. The number of ketones is 1. The average Bonchev–Trinajstić information content (AvgIpc) is 2.25. The van der Waals surface area contributed by atoms with E-state index in [2.05, 4.69) is 21.2 Å². The lowest BCUT2D eigenvalue weighted by molar-refractivity contribution is -0.126. The lowest BCUT2D eigenvalue weighted by Crippen LogP contribution is -2.28. The summed E-state index contributed by atoms with van der Waals surface area (Å²) in [4.78, 5) is 22.4. The van der Waals surface area contributed by atoms with Gasteiger partial charge in [0.2, 0.25) is 5.91 Å². The normalized spacial score (nSPS) is 11.3. The molecule has 1 N–H and O–H groups in total. The molecule has 0 aromatic heterocycles. The Morgan fingerprint density at radius 2 is 1.88 bits per heavy atom. The van der Waals surface area contributed by atoms with Gasteiger partial charge in [0, 0.05) is 25.0 Å². The molecule has 0 saturated carbocycles. The third kappa shape index (κ3) is 9.30. The topological polar surface area (TPSA) is 55.4 Å². The van der Waals surface area contributed by atoms with Crippen molar-refractivity contribution >= 4 is 27.6 Å². The number of carbonyl (C=O) groups excluding carboxylic acids is 2. The highest BCUT2D eigenvalue weighted by molar-refractivity contribution is 9.09. The van der Waals surface area contributed by atoms with Gasteiger partial charge in [0.15, 0.2) is 0 Å². The molecular formula is C12H22BrNO3. The zero-order valence-corrected chi connectivity index (χ0v) is 12.4. The number of rotatable bonds is 8. The molecule has 0 aliphatic heterocycles. The SMILES string of the molecule is CC(C)(C)C(=O)CCCOCCNC(=O)CBr. The van der Waals surface area contributed by atoms with Crippen LogP contribution in [0.1, 0.15) is 33.6 Å². The van der Waals surface area contributed by atoms with Crippen LogP contribution in [0, 0.1) is 5.41 Å². The molecule has 100 valence electrons. The van der Waals surface area contributed by atoms with Gasteiger partial charge in [-0.2, -0.15) is 0 Å². The molecule has 1 amide bonds. The molecule has 0 saturated heterocycles. The standard InChI is InChI=1S/C12H22BrNO3/c1-12(2,3)10(15)5-4-7-17-8-6-14-11(16)9-13/h4-9H2,1-3H3,(H,14,16). The lowest BCUT2D eigenvalue weighted by Gasteiger charge is -2.16. The van der Waals surface area contributed by atoms with E-state index in [0.29, 0.717) is 31.5 Å². The van der Waals surface area contributed by atoms with E-state index in [-0.39, 0.29) is 17.1 Å². The Labute approximate surface area is 112 Å². The minimum absolute atomic E-state index is 0.0449. The summed E-state index contributed by atoms with van der Waals surface area (Å²) in [5.41, 5.74) is -0.260. The smallest absolute Gasteiger partial charge is 0.230 e. The van der Waals surface area contributed by atoms with Crippen molar-refractivity contribution in [2.24, 2.45) is 5.41 Å². The third-order valence-corrected chi connectivity index (χ3v) is 2.73. The van der Waals surface area contributed by atoms with Crippen molar-refractivity contribution in [3.8, 4) is 0 Å². The van der Waals surface area contributed by atoms with E-state index in [1.807, 2.05) is 20.8 Å². The van der Waals surface area contributed by atoms with E-state index in [0.717, 1.165) is 6.42 Å². The molecule has 0 unspecified atom stereocenters. The fraction of sp³-hybridized carbons (Fsp3) is 0.833. The Morgan fingerprint density at radius 3 is 2.41 bits per heavy atom. The van der Waals surface area contributed by atoms with E-state index in [9.17, 15) is 9.59 Å². The third-order valence-electron chi connectivity index (χ3n) is 2.22. The number of amides is 1. The Bertz CT molecular complexity index is 249. The molecule has 0 aliphatic rings. The highest BCUT2D eigenvalue weighted by Gasteiger charge is 2.19. The highest BCUT2D eigenvalue weighted by Crippen LogP contribution is 2.17. The minimum Gasteiger partial charge on any atom is -0.380 e. The first-order valence-electron chi connectivity index (χ1n) is 5.81. The van der Waals surface area contributed by atoms with E-state index < -0.39 is 0 Å². The fourth-order valence-electron chi connectivity index (χ4n) is 1.12. The van der Waals surface area contributed by atoms with Crippen molar-refractivity contribution in [3.05, 3.63) is 0 Å². The summed E-state index contributed by atoms with van der Waals surface area (Å²) >= 11 is 3.05. The zero-order chi connectivity index (χ0) is 13.3. The van der Waals surface area contributed by atoms with Crippen LogP contribution in [0.25, 0.3) is 0 Å². The van der Waals surface area contributed by atoms with Crippen LogP contribution in [-0.4, -0.2) is 36.8 Å². The van der Waals surface area contributed by atoms with Crippen molar-refractivity contribution < 1.29 is 14.3 Å². The molecule has 0 aliphatic carbocycles. The average molecular weight is 308 g/mol. The predicted molar refractivity (Wildman–Crippen MR) is 71.3 cm³/mol. The first-order chi connectivity index (χ1) is 7.88. The van der Waals surface area contributed by atoms with Gasteiger partial charge in [0.25, 0.3) is 0 Å². The Hall–Kier alpha value is -0.420. The molecule has 4 nitrogen and oxygen atoms in total. The first-order valence-corrected chi connectivity index (χ1v) is 6.93. The molecule has 17 heavy (non-hydrogen) atoms. The number of nitrogens with one attached hydrogen (secondary N) is 1. The molecule has 0 rings (SSSR count). The van der Waals surface area contributed by atoms with E-state index in [4.69, 9.17) is 4.74 Å². The fourth-order valence-corrected chi connectivity index (χ4v) is 1.32. The van der Waals surface area contributed by atoms with E-state index in [1.165, 1.54) is 0 Å². The van der Waals surface area contributed by atoms with Crippen LogP contribution in [0.3, 0.4) is 0 Å². The van der Waals surface area contributed by atoms with Crippen LogP contribution in [0.4, 0.5) is 0 Å². The number of ether oxygens (including phenoxy) is 1. The van der Waals surface area contributed by atoms with Crippen molar-refractivity contribution in [2.45, 2.75) is 33.6 Å². The molecule has 0 radical (unpaired) electrons. The maximum Gasteiger partial charge on any atom is 0.230 e. The second-order valence-corrected chi connectivity index (χ2v) is 5.43. The molecular weight excluding hydrogens is 286 g/mol. The minimum atomic E-state index is -0.260. The van der Waals surface area contributed by atoms with Gasteiger partial charge in [-0.15, -0.1) is 0 Å². The summed E-state index contributed by atoms with van der Waals surface area (Å²) in [6.07, 6.45) is 1.29. The number of Topliss-reactive ketones (excluding diaryl/α,β-unsaturated/α-hetero) is 1. The number of halogens is 1. The van der Waals surface area contributed by atoms with Gasteiger partial charge in [-0.3, -0.25) is 9.59 Å². The van der Waals surface area contributed by atoms with Gasteiger partial charge in [-0.1, -0.05) is 36.7 Å². The van der Waals surface area contributed by atoms with Crippen molar-refractivity contribution in [3.63, 3.8) is 0 Å². The van der Waals surface area contributed by atoms with Crippen LogP contribution < -0.4 is 5.32 Å². The van der Waals surface area contributed by atoms with Gasteiger partial charge in [0.1, 0.15) is 5.78 Å². The monoisotopic (exact) mass is 307 g/mol. The highest BCUT2D eigenvalue weighted by atomic mass is 79.9. The quantitative estimate of drug-likeness (QED) is 0.550. The van der Waals surface area contributed by atoms with E-state index >= 15 is 0 Å². The Morgan fingerprint density at radius 1 is 1.24 bits per heavy atom. The van der Waals surface area contributed by atoms with Gasteiger partial charge in [-0.25, -0.2) is 0 Å². The second-order valence-electron chi connectivity index (χ2n) is 4.87. The molecule has 0 bridgehead atoms. The summed E-state index contributed by atoms with van der Waals surface area (Å²) in [6.45, 7) is 7.33. The number of hydrogen-bond acceptors (Lipinski definition) is 3. The van der Waals surface area contributed by atoms with Gasteiger partial charge in [-0.05, 0) is 6.42 Å². The largest absolute Gasteiger partial charge is 0.380 e. The maximum absolute atomic E-state index is 11.6. The molecule has 0 atom stereocenters. The molecule has 0 fully saturated rings. The molecule has 0 spiro atoms. The molecule has 0 aromatic rings. The van der Waals surface area contributed by atoms with Crippen LogP contribution in [-0.2, 0) is 14.3 Å². The van der Waals surface area contributed by atoms with Crippen LogP contribution in [0.2, 0.25) is 0 Å². The van der Waals surface area contributed by atoms with Gasteiger partial charge < -0.3 is 10.1 Å². The Balaban J connectivity index is 3.36. The number of hydrogen-bond donors (Lipinski definition) is 1.